The minimum atomic E-state index is 0.544. The number of benzene rings is 1. The highest BCUT2D eigenvalue weighted by molar-refractivity contribution is 7.19. The summed E-state index contributed by atoms with van der Waals surface area (Å²) in [6, 6.07) is 11.7. The first-order valence-corrected chi connectivity index (χ1v) is 9.22. The summed E-state index contributed by atoms with van der Waals surface area (Å²) in [5.41, 5.74) is 0. The molecule has 2 aromatic rings. The number of rotatable bonds is 4. The van der Waals surface area contributed by atoms with E-state index in [0.29, 0.717) is 6.04 Å². The zero-order valence-electron chi connectivity index (χ0n) is 13.4. The first-order valence-electron chi connectivity index (χ1n) is 8.41. The maximum absolute atomic E-state index is 3.78. The van der Waals surface area contributed by atoms with Gasteiger partial charge >= 0.3 is 0 Å². The van der Waals surface area contributed by atoms with Gasteiger partial charge in [0.1, 0.15) is 0 Å². The molecule has 1 heterocycles. The molecule has 3 rings (SSSR count). The topological polar surface area (TPSA) is 12.0 Å². The zero-order chi connectivity index (χ0) is 14.8. The van der Waals surface area contributed by atoms with Crippen LogP contribution in [-0.4, -0.2) is 6.54 Å². The number of nitrogens with one attached hydrogen (secondary N) is 1. The highest BCUT2D eigenvalue weighted by Gasteiger charge is 2.31. The van der Waals surface area contributed by atoms with E-state index in [4.69, 9.17) is 0 Å². The van der Waals surface area contributed by atoms with Crippen molar-refractivity contribution in [1.82, 2.24) is 5.32 Å². The van der Waals surface area contributed by atoms with E-state index in [-0.39, 0.29) is 0 Å². The zero-order valence-corrected chi connectivity index (χ0v) is 14.2. The van der Waals surface area contributed by atoms with Crippen LogP contribution in [0.3, 0.4) is 0 Å². The minimum Gasteiger partial charge on any atom is -0.309 e. The normalized spacial score (nSPS) is 27.9. The molecule has 0 bridgehead atoms. The van der Waals surface area contributed by atoms with Gasteiger partial charge in [0.2, 0.25) is 0 Å². The van der Waals surface area contributed by atoms with Crippen molar-refractivity contribution in [3.8, 4) is 0 Å². The van der Waals surface area contributed by atoms with Crippen molar-refractivity contribution in [2.24, 2.45) is 17.8 Å². The van der Waals surface area contributed by atoms with E-state index in [1.165, 1.54) is 34.2 Å². The third kappa shape index (κ3) is 3.17. The molecule has 4 atom stereocenters. The molecule has 0 amide bonds. The molecule has 0 radical (unpaired) electrons. The van der Waals surface area contributed by atoms with Gasteiger partial charge in [-0.1, -0.05) is 45.4 Å². The molecule has 2 heteroatoms. The lowest BCUT2D eigenvalue weighted by atomic mass is 9.73. The summed E-state index contributed by atoms with van der Waals surface area (Å²) in [6.45, 7) is 8.14. The molecule has 1 N–H and O–H groups in total. The summed E-state index contributed by atoms with van der Waals surface area (Å²) in [7, 11) is 0. The van der Waals surface area contributed by atoms with Crippen molar-refractivity contribution < 1.29 is 0 Å². The Balaban J connectivity index is 1.86. The lowest BCUT2D eigenvalue weighted by molar-refractivity contribution is 0.173. The summed E-state index contributed by atoms with van der Waals surface area (Å²) < 4.78 is 1.42. The molecule has 1 nitrogen and oxygen atoms in total. The maximum atomic E-state index is 3.78. The van der Waals surface area contributed by atoms with E-state index in [0.717, 1.165) is 24.3 Å². The van der Waals surface area contributed by atoms with E-state index in [1.807, 2.05) is 11.3 Å². The molecule has 1 aliphatic carbocycles. The SMILES string of the molecule is CCNC(c1cc2ccccc2s1)C1CCC(C)C(C)C1. The molecule has 0 spiro atoms. The fourth-order valence-corrected chi connectivity index (χ4v) is 5.00. The third-order valence-electron chi connectivity index (χ3n) is 5.29. The lowest BCUT2D eigenvalue weighted by Crippen LogP contribution is -2.32. The highest BCUT2D eigenvalue weighted by Crippen LogP contribution is 2.42. The van der Waals surface area contributed by atoms with E-state index in [1.54, 1.807) is 0 Å². The van der Waals surface area contributed by atoms with Gasteiger partial charge in [-0.15, -0.1) is 11.3 Å². The molecular formula is C19H27NS. The first-order chi connectivity index (χ1) is 10.2. The van der Waals surface area contributed by atoms with Gasteiger partial charge in [0, 0.05) is 15.6 Å². The molecule has 1 aliphatic rings. The Morgan fingerprint density at radius 1 is 1.19 bits per heavy atom. The molecule has 21 heavy (non-hydrogen) atoms. The molecule has 4 unspecified atom stereocenters. The Bertz CT molecular complexity index is 555. The maximum Gasteiger partial charge on any atom is 0.0443 e. The van der Waals surface area contributed by atoms with Gasteiger partial charge in [-0.25, -0.2) is 0 Å². The number of hydrogen-bond acceptors (Lipinski definition) is 2. The Hall–Kier alpha value is -0.860. The third-order valence-corrected chi connectivity index (χ3v) is 6.48. The highest BCUT2D eigenvalue weighted by atomic mass is 32.1. The van der Waals surface area contributed by atoms with Crippen LogP contribution in [0.25, 0.3) is 10.1 Å². The predicted octanol–water partition coefficient (Wildman–Crippen LogP) is 5.62. The van der Waals surface area contributed by atoms with Crippen LogP contribution < -0.4 is 5.32 Å². The van der Waals surface area contributed by atoms with E-state index in [2.05, 4.69) is 56.4 Å². The summed E-state index contributed by atoms with van der Waals surface area (Å²) in [4.78, 5) is 1.53. The molecule has 0 saturated heterocycles. The van der Waals surface area contributed by atoms with E-state index >= 15 is 0 Å². The molecular weight excluding hydrogens is 274 g/mol. The molecule has 1 saturated carbocycles. The summed E-state index contributed by atoms with van der Waals surface area (Å²) in [5.74, 6) is 2.55. The average molecular weight is 301 g/mol. The van der Waals surface area contributed by atoms with Crippen molar-refractivity contribution in [2.75, 3.05) is 6.54 Å². The predicted molar refractivity (Wildman–Crippen MR) is 93.9 cm³/mol. The van der Waals surface area contributed by atoms with Crippen LogP contribution in [0.5, 0.6) is 0 Å². The van der Waals surface area contributed by atoms with Gasteiger partial charge in [0.15, 0.2) is 0 Å². The van der Waals surface area contributed by atoms with Crippen LogP contribution in [0.15, 0.2) is 30.3 Å². The second kappa shape index (κ2) is 6.50. The number of fused-ring (bicyclic) bond motifs is 1. The Morgan fingerprint density at radius 3 is 2.71 bits per heavy atom. The van der Waals surface area contributed by atoms with Crippen molar-refractivity contribution >= 4 is 21.4 Å². The van der Waals surface area contributed by atoms with Crippen molar-refractivity contribution in [3.63, 3.8) is 0 Å². The van der Waals surface area contributed by atoms with E-state index < -0.39 is 0 Å². The molecule has 0 aliphatic heterocycles. The molecule has 1 fully saturated rings. The molecule has 114 valence electrons. The van der Waals surface area contributed by atoms with E-state index in [9.17, 15) is 0 Å². The van der Waals surface area contributed by atoms with Gasteiger partial charge in [-0.3, -0.25) is 0 Å². The quantitative estimate of drug-likeness (QED) is 0.772. The Kier molecular flexibility index (Phi) is 4.66. The smallest absolute Gasteiger partial charge is 0.0443 e. The van der Waals surface area contributed by atoms with Crippen LogP contribution in [0, 0.1) is 17.8 Å². The summed E-state index contributed by atoms with van der Waals surface area (Å²) in [5, 5.41) is 5.18. The Morgan fingerprint density at radius 2 is 2.00 bits per heavy atom. The standard InChI is InChI=1S/C19H27NS/c1-4-20-19(16-10-9-13(2)14(3)11-16)18-12-15-7-5-6-8-17(15)21-18/h5-8,12-14,16,19-20H,4,9-11H2,1-3H3. The lowest BCUT2D eigenvalue weighted by Gasteiger charge is -2.36. The van der Waals surface area contributed by atoms with Crippen molar-refractivity contribution in [2.45, 2.75) is 46.1 Å². The second-order valence-electron chi connectivity index (χ2n) is 6.75. The van der Waals surface area contributed by atoms with Crippen molar-refractivity contribution in [1.29, 1.82) is 0 Å². The summed E-state index contributed by atoms with van der Waals surface area (Å²) in [6.07, 6.45) is 4.13. The molecule has 1 aromatic carbocycles. The average Bonchev–Trinajstić information content (AvgIpc) is 2.91. The largest absolute Gasteiger partial charge is 0.309 e. The first kappa shape index (κ1) is 15.1. The van der Waals surface area contributed by atoms with Gasteiger partial charge in [0.05, 0.1) is 0 Å². The van der Waals surface area contributed by atoms with Gasteiger partial charge in [-0.2, -0.15) is 0 Å². The second-order valence-corrected chi connectivity index (χ2v) is 7.86. The Labute approximate surface area is 132 Å². The van der Waals surface area contributed by atoms with Gasteiger partial charge in [0.25, 0.3) is 0 Å². The van der Waals surface area contributed by atoms with Crippen molar-refractivity contribution in [3.05, 3.63) is 35.2 Å². The molecule has 1 aromatic heterocycles. The van der Waals surface area contributed by atoms with Crippen LogP contribution in [-0.2, 0) is 0 Å². The van der Waals surface area contributed by atoms with Crippen LogP contribution in [0.1, 0.15) is 51.0 Å². The van der Waals surface area contributed by atoms with Gasteiger partial charge < -0.3 is 5.32 Å². The van der Waals surface area contributed by atoms with Gasteiger partial charge in [-0.05, 0) is 54.7 Å². The van der Waals surface area contributed by atoms with Crippen LogP contribution in [0.4, 0.5) is 0 Å². The fraction of sp³-hybridized carbons (Fsp3) is 0.579. The van der Waals surface area contributed by atoms with Crippen LogP contribution in [0.2, 0.25) is 0 Å². The minimum absolute atomic E-state index is 0.544. The number of thiophene rings is 1. The van der Waals surface area contributed by atoms with Crippen LogP contribution >= 0.6 is 11.3 Å². The number of hydrogen-bond donors (Lipinski definition) is 1. The summed E-state index contributed by atoms with van der Waals surface area (Å²) >= 11 is 1.98. The fourth-order valence-electron chi connectivity index (χ4n) is 3.77. The monoisotopic (exact) mass is 301 g/mol.